The summed E-state index contributed by atoms with van der Waals surface area (Å²) in [6, 6.07) is 22.9. The molecule has 32 heavy (non-hydrogen) atoms. The third kappa shape index (κ3) is 5.31. The van der Waals surface area contributed by atoms with E-state index in [1.165, 1.54) is 0 Å². The molecule has 1 atom stereocenters. The Morgan fingerprint density at radius 1 is 1.09 bits per heavy atom. The van der Waals surface area contributed by atoms with Crippen LogP contribution in [0.4, 0.5) is 5.69 Å². The number of thioether (sulfide) groups is 2. The molecule has 3 aromatic carbocycles. The summed E-state index contributed by atoms with van der Waals surface area (Å²) in [5.41, 5.74) is 3.45. The van der Waals surface area contributed by atoms with Crippen LogP contribution >= 0.6 is 35.1 Å². The van der Waals surface area contributed by atoms with Crippen LogP contribution in [-0.2, 0) is 11.3 Å². The Balaban J connectivity index is 1.47. The van der Waals surface area contributed by atoms with E-state index in [-0.39, 0.29) is 17.2 Å². The lowest BCUT2D eigenvalue weighted by atomic mass is 10.1. The second-order valence-corrected chi connectivity index (χ2v) is 10.1. The summed E-state index contributed by atoms with van der Waals surface area (Å²) in [5, 5.41) is 3.62. The lowest BCUT2D eigenvalue weighted by Gasteiger charge is -2.24. The molecule has 7 heteroatoms. The monoisotopic (exact) mass is 482 g/mol. The van der Waals surface area contributed by atoms with E-state index in [2.05, 4.69) is 12.2 Å². The van der Waals surface area contributed by atoms with Crippen molar-refractivity contribution in [3.05, 3.63) is 94.5 Å². The quantitative estimate of drug-likeness (QED) is 0.391. The molecule has 1 heterocycles. The largest absolute Gasteiger partial charge is 0.322 e. The van der Waals surface area contributed by atoms with E-state index < -0.39 is 0 Å². The van der Waals surface area contributed by atoms with Gasteiger partial charge in [-0.25, -0.2) is 0 Å². The summed E-state index contributed by atoms with van der Waals surface area (Å²) in [6.45, 7) is 2.62. The number of halogens is 1. The van der Waals surface area contributed by atoms with Gasteiger partial charge in [0.15, 0.2) is 0 Å². The number of rotatable bonds is 7. The SMILES string of the molecule is CCSc1ccccc1NC(=O)c1ccc(C2SCC(=O)N2Cc2ccc(Cl)cc2)cc1. The molecule has 2 amide bonds. The van der Waals surface area contributed by atoms with E-state index in [1.54, 1.807) is 23.5 Å². The first-order valence-electron chi connectivity index (χ1n) is 10.3. The molecular formula is C25H23ClN2O2S2. The highest BCUT2D eigenvalue weighted by molar-refractivity contribution is 8.00. The highest BCUT2D eigenvalue weighted by atomic mass is 35.5. The first-order chi connectivity index (χ1) is 15.5. The van der Waals surface area contributed by atoms with Crippen molar-refractivity contribution < 1.29 is 9.59 Å². The van der Waals surface area contributed by atoms with Crippen LogP contribution in [0.1, 0.15) is 33.8 Å². The topological polar surface area (TPSA) is 49.4 Å². The van der Waals surface area contributed by atoms with Crippen molar-refractivity contribution in [1.82, 2.24) is 4.90 Å². The van der Waals surface area contributed by atoms with Crippen LogP contribution in [0.3, 0.4) is 0 Å². The number of para-hydroxylation sites is 1. The third-order valence-electron chi connectivity index (χ3n) is 5.13. The van der Waals surface area contributed by atoms with Crippen LogP contribution in [-0.4, -0.2) is 28.2 Å². The van der Waals surface area contributed by atoms with E-state index in [1.807, 2.05) is 77.7 Å². The smallest absolute Gasteiger partial charge is 0.255 e. The third-order valence-corrected chi connectivity index (χ3v) is 7.59. The van der Waals surface area contributed by atoms with Crippen LogP contribution in [0.25, 0.3) is 0 Å². The Morgan fingerprint density at radius 2 is 1.81 bits per heavy atom. The summed E-state index contributed by atoms with van der Waals surface area (Å²) < 4.78 is 0. The molecule has 164 valence electrons. The van der Waals surface area contributed by atoms with Crippen LogP contribution < -0.4 is 5.32 Å². The lowest BCUT2D eigenvalue weighted by Crippen LogP contribution is -2.27. The second kappa shape index (κ2) is 10.5. The van der Waals surface area contributed by atoms with Gasteiger partial charge in [-0.3, -0.25) is 9.59 Å². The van der Waals surface area contributed by atoms with Gasteiger partial charge in [0.05, 0.1) is 11.4 Å². The molecule has 1 aliphatic heterocycles. The van der Waals surface area contributed by atoms with Crippen molar-refractivity contribution in [2.24, 2.45) is 0 Å². The molecule has 0 aromatic heterocycles. The predicted octanol–water partition coefficient (Wildman–Crippen LogP) is 6.48. The molecule has 0 spiro atoms. The fourth-order valence-corrected chi connectivity index (χ4v) is 5.61. The van der Waals surface area contributed by atoms with Gasteiger partial charge in [0.1, 0.15) is 5.37 Å². The molecule has 4 nitrogen and oxygen atoms in total. The maximum absolute atomic E-state index is 12.8. The zero-order valence-electron chi connectivity index (χ0n) is 17.6. The molecule has 0 bridgehead atoms. The summed E-state index contributed by atoms with van der Waals surface area (Å²) >= 11 is 9.28. The van der Waals surface area contributed by atoms with Crippen molar-refractivity contribution in [3.63, 3.8) is 0 Å². The average Bonchev–Trinajstić information content (AvgIpc) is 3.17. The number of carbonyl (C=O) groups is 2. The summed E-state index contributed by atoms with van der Waals surface area (Å²) in [7, 11) is 0. The Labute approximate surface area is 201 Å². The standard InChI is InChI=1S/C25H23ClN2O2S2/c1-2-31-22-6-4-3-5-21(22)27-24(30)18-9-11-19(12-10-18)25-28(23(29)16-32-25)15-17-7-13-20(26)14-8-17/h3-14,25H,2,15-16H2,1H3,(H,27,30). The molecule has 1 aliphatic rings. The Hall–Kier alpha value is -2.41. The van der Waals surface area contributed by atoms with E-state index in [9.17, 15) is 9.59 Å². The first-order valence-corrected chi connectivity index (χ1v) is 12.7. The summed E-state index contributed by atoms with van der Waals surface area (Å²) in [6.07, 6.45) is 0. The molecular weight excluding hydrogens is 460 g/mol. The second-order valence-electron chi connectivity index (χ2n) is 7.32. The van der Waals surface area contributed by atoms with Gasteiger partial charge in [0.2, 0.25) is 5.91 Å². The van der Waals surface area contributed by atoms with Gasteiger partial charge in [0, 0.05) is 22.0 Å². The molecule has 1 unspecified atom stereocenters. The number of hydrogen-bond acceptors (Lipinski definition) is 4. The zero-order valence-corrected chi connectivity index (χ0v) is 20.0. The van der Waals surface area contributed by atoms with E-state index in [0.29, 0.717) is 22.9 Å². The molecule has 1 saturated heterocycles. The van der Waals surface area contributed by atoms with Gasteiger partial charge in [-0.2, -0.15) is 0 Å². The lowest BCUT2D eigenvalue weighted by molar-refractivity contribution is -0.128. The number of hydrogen-bond donors (Lipinski definition) is 1. The minimum atomic E-state index is -0.145. The van der Waals surface area contributed by atoms with Crippen molar-refractivity contribution in [1.29, 1.82) is 0 Å². The number of nitrogens with one attached hydrogen (secondary N) is 1. The molecule has 1 N–H and O–H groups in total. The molecule has 1 fully saturated rings. The molecule has 3 aromatic rings. The van der Waals surface area contributed by atoms with E-state index in [4.69, 9.17) is 11.6 Å². The highest BCUT2D eigenvalue weighted by Gasteiger charge is 2.32. The van der Waals surface area contributed by atoms with Crippen molar-refractivity contribution >= 4 is 52.6 Å². The van der Waals surface area contributed by atoms with Gasteiger partial charge >= 0.3 is 0 Å². The van der Waals surface area contributed by atoms with Gasteiger partial charge in [-0.1, -0.05) is 54.9 Å². The minimum absolute atomic E-state index is 0.0723. The van der Waals surface area contributed by atoms with Gasteiger partial charge in [-0.05, 0) is 53.3 Å². The molecule has 4 rings (SSSR count). The highest BCUT2D eigenvalue weighted by Crippen LogP contribution is 2.39. The minimum Gasteiger partial charge on any atom is -0.322 e. The van der Waals surface area contributed by atoms with Crippen molar-refractivity contribution in [2.75, 3.05) is 16.8 Å². The van der Waals surface area contributed by atoms with Crippen LogP contribution in [0, 0.1) is 0 Å². The number of benzene rings is 3. The van der Waals surface area contributed by atoms with Crippen molar-refractivity contribution in [2.45, 2.75) is 23.7 Å². The fraction of sp³-hybridized carbons (Fsp3) is 0.200. The van der Waals surface area contributed by atoms with Gasteiger partial charge < -0.3 is 10.2 Å². The Bertz CT molecular complexity index is 1100. The van der Waals surface area contributed by atoms with E-state index >= 15 is 0 Å². The maximum atomic E-state index is 12.8. The normalized spacial score (nSPS) is 15.8. The van der Waals surface area contributed by atoms with Crippen LogP contribution in [0.5, 0.6) is 0 Å². The fourth-order valence-electron chi connectivity index (χ4n) is 3.53. The Kier molecular flexibility index (Phi) is 7.45. The summed E-state index contributed by atoms with van der Waals surface area (Å²) in [4.78, 5) is 28.2. The summed E-state index contributed by atoms with van der Waals surface area (Å²) in [5.74, 6) is 1.36. The number of carbonyl (C=O) groups excluding carboxylic acids is 2. The molecule has 0 aliphatic carbocycles. The van der Waals surface area contributed by atoms with Crippen molar-refractivity contribution in [3.8, 4) is 0 Å². The number of anilines is 1. The average molecular weight is 483 g/mol. The number of nitrogens with zero attached hydrogens (tertiary/aromatic N) is 1. The number of amides is 2. The van der Waals surface area contributed by atoms with Gasteiger partial charge in [0.25, 0.3) is 5.91 Å². The van der Waals surface area contributed by atoms with E-state index in [0.717, 1.165) is 27.5 Å². The molecule has 0 radical (unpaired) electrons. The predicted molar refractivity (Wildman–Crippen MR) is 134 cm³/mol. The Morgan fingerprint density at radius 3 is 2.53 bits per heavy atom. The van der Waals surface area contributed by atoms with Gasteiger partial charge in [-0.15, -0.1) is 23.5 Å². The van der Waals surface area contributed by atoms with Crippen LogP contribution in [0.2, 0.25) is 5.02 Å². The first kappa shape index (κ1) is 22.8. The molecule has 0 saturated carbocycles. The zero-order chi connectivity index (χ0) is 22.5. The maximum Gasteiger partial charge on any atom is 0.255 e. The van der Waals surface area contributed by atoms with Crippen LogP contribution in [0.15, 0.2) is 77.7 Å².